The van der Waals surface area contributed by atoms with Crippen molar-refractivity contribution in [1.29, 1.82) is 0 Å². The SMILES string of the molecule is Cc1cc(F)cc(-c2nc(C)c(F)c(=O)[nH]2)c1. The van der Waals surface area contributed by atoms with Crippen molar-refractivity contribution in [2.75, 3.05) is 0 Å². The fraction of sp³-hybridized carbons (Fsp3) is 0.167. The lowest BCUT2D eigenvalue weighted by molar-refractivity contribution is 0.589. The summed E-state index contributed by atoms with van der Waals surface area (Å²) in [5.74, 6) is -1.18. The molecule has 0 aliphatic carbocycles. The van der Waals surface area contributed by atoms with Gasteiger partial charge < -0.3 is 4.98 Å². The Hall–Kier alpha value is -2.04. The van der Waals surface area contributed by atoms with Crippen LogP contribution in [0.25, 0.3) is 11.4 Å². The van der Waals surface area contributed by atoms with E-state index in [0.29, 0.717) is 11.1 Å². The number of H-pyrrole nitrogens is 1. The fourth-order valence-corrected chi connectivity index (χ4v) is 1.58. The minimum Gasteiger partial charge on any atom is -0.304 e. The van der Waals surface area contributed by atoms with Crippen molar-refractivity contribution in [3.63, 3.8) is 0 Å². The predicted molar refractivity (Wildman–Crippen MR) is 59.7 cm³/mol. The van der Waals surface area contributed by atoms with Crippen LogP contribution in [0.3, 0.4) is 0 Å². The van der Waals surface area contributed by atoms with Gasteiger partial charge in [0.25, 0.3) is 5.56 Å². The maximum absolute atomic E-state index is 13.2. The smallest absolute Gasteiger partial charge is 0.287 e. The van der Waals surface area contributed by atoms with Gasteiger partial charge in [-0.05, 0) is 37.6 Å². The lowest BCUT2D eigenvalue weighted by atomic mass is 10.1. The summed E-state index contributed by atoms with van der Waals surface area (Å²) in [5.41, 5.74) is 0.257. The van der Waals surface area contributed by atoms with Gasteiger partial charge in [0.15, 0.2) is 0 Å². The first-order valence-electron chi connectivity index (χ1n) is 5.01. The summed E-state index contributed by atoms with van der Waals surface area (Å²) in [6.07, 6.45) is 0. The molecule has 0 fully saturated rings. The zero-order valence-electron chi connectivity index (χ0n) is 9.34. The van der Waals surface area contributed by atoms with E-state index in [9.17, 15) is 13.6 Å². The number of aromatic nitrogens is 2. The van der Waals surface area contributed by atoms with E-state index < -0.39 is 17.2 Å². The Bertz CT molecular complexity index is 615. The largest absolute Gasteiger partial charge is 0.304 e. The first kappa shape index (κ1) is 11.4. The van der Waals surface area contributed by atoms with E-state index in [2.05, 4.69) is 9.97 Å². The third-order valence-corrected chi connectivity index (χ3v) is 2.34. The van der Waals surface area contributed by atoms with Crippen LogP contribution in [0, 0.1) is 25.5 Å². The Labute approximate surface area is 96.2 Å². The van der Waals surface area contributed by atoms with Crippen LogP contribution in [0.4, 0.5) is 8.78 Å². The van der Waals surface area contributed by atoms with E-state index in [-0.39, 0.29) is 11.5 Å². The monoisotopic (exact) mass is 236 g/mol. The van der Waals surface area contributed by atoms with Gasteiger partial charge in [-0.3, -0.25) is 4.79 Å². The van der Waals surface area contributed by atoms with Gasteiger partial charge in [-0.15, -0.1) is 0 Å². The van der Waals surface area contributed by atoms with Crippen LogP contribution in [0.15, 0.2) is 23.0 Å². The molecule has 2 rings (SSSR count). The van der Waals surface area contributed by atoms with Gasteiger partial charge in [0.2, 0.25) is 5.82 Å². The van der Waals surface area contributed by atoms with Gasteiger partial charge in [-0.25, -0.2) is 9.37 Å². The second-order valence-electron chi connectivity index (χ2n) is 3.83. The van der Waals surface area contributed by atoms with E-state index >= 15 is 0 Å². The van der Waals surface area contributed by atoms with E-state index in [0.717, 1.165) is 0 Å². The summed E-state index contributed by atoms with van der Waals surface area (Å²) in [6, 6.07) is 4.26. The molecule has 5 heteroatoms. The minimum atomic E-state index is -0.915. The number of hydrogen-bond acceptors (Lipinski definition) is 2. The number of aromatic amines is 1. The van der Waals surface area contributed by atoms with Crippen molar-refractivity contribution >= 4 is 0 Å². The third kappa shape index (κ3) is 2.22. The first-order valence-corrected chi connectivity index (χ1v) is 5.01. The summed E-state index contributed by atoms with van der Waals surface area (Å²) >= 11 is 0. The zero-order chi connectivity index (χ0) is 12.6. The zero-order valence-corrected chi connectivity index (χ0v) is 9.34. The van der Waals surface area contributed by atoms with E-state index in [1.807, 2.05) is 0 Å². The lowest BCUT2D eigenvalue weighted by Gasteiger charge is -2.04. The molecule has 0 saturated carbocycles. The molecule has 88 valence electrons. The quantitative estimate of drug-likeness (QED) is 0.826. The second-order valence-corrected chi connectivity index (χ2v) is 3.83. The average Bonchev–Trinajstić information content (AvgIpc) is 2.23. The number of nitrogens with one attached hydrogen (secondary N) is 1. The Balaban J connectivity index is 2.65. The van der Waals surface area contributed by atoms with Crippen LogP contribution < -0.4 is 5.56 Å². The van der Waals surface area contributed by atoms with Crippen LogP contribution in [0.5, 0.6) is 0 Å². The normalized spacial score (nSPS) is 10.6. The molecule has 0 radical (unpaired) electrons. The molecular weight excluding hydrogens is 226 g/mol. The Morgan fingerprint density at radius 3 is 2.47 bits per heavy atom. The number of benzene rings is 1. The molecule has 1 N–H and O–H groups in total. The van der Waals surface area contributed by atoms with E-state index in [1.54, 1.807) is 13.0 Å². The van der Waals surface area contributed by atoms with Gasteiger partial charge in [0, 0.05) is 5.56 Å². The van der Waals surface area contributed by atoms with Crippen molar-refractivity contribution in [2.45, 2.75) is 13.8 Å². The van der Waals surface area contributed by atoms with Crippen LogP contribution >= 0.6 is 0 Å². The van der Waals surface area contributed by atoms with E-state index in [1.165, 1.54) is 19.1 Å². The fourth-order valence-electron chi connectivity index (χ4n) is 1.58. The highest BCUT2D eigenvalue weighted by molar-refractivity contribution is 5.56. The Morgan fingerprint density at radius 1 is 1.18 bits per heavy atom. The molecule has 2 aromatic rings. The van der Waals surface area contributed by atoms with Gasteiger partial charge in [0.1, 0.15) is 11.6 Å². The van der Waals surface area contributed by atoms with Crippen LogP contribution in [-0.4, -0.2) is 9.97 Å². The minimum absolute atomic E-state index is 0.00864. The standard InChI is InChI=1S/C12H10F2N2O/c1-6-3-8(5-9(13)4-6)11-15-7(2)10(14)12(17)16-11/h3-5H,1-2H3,(H,15,16,17). The van der Waals surface area contributed by atoms with Crippen molar-refractivity contribution in [2.24, 2.45) is 0 Å². The molecule has 0 bridgehead atoms. The summed E-state index contributed by atoms with van der Waals surface area (Å²) in [7, 11) is 0. The summed E-state index contributed by atoms with van der Waals surface area (Å²) in [6.45, 7) is 3.11. The van der Waals surface area contributed by atoms with E-state index in [4.69, 9.17) is 0 Å². The Morgan fingerprint density at radius 2 is 1.88 bits per heavy atom. The van der Waals surface area contributed by atoms with Gasteiger partial charge in [-0.2, -0.15) is 4.39 Å². The van der Waals surface area contributed by atoms with Crippen LogP contribution in [0.1, 0.15) is 11.3 Å². The highest BCUT2D eigenvalue weighted by Gasteiger charge is 2.09. The molecule has 0 unspecified atom stereocenters. The summed E-state index contributed by atoms with van der Waals surface area (Å²) in [5, 5.41) is 0. The third-order valence-electron chi connectivity index (χ3n) is 2.34. The predicted octanol–water partition coefficient (Wildman–Crippen LogP) is 2.33. The highest BCUT2D eigenvalue weighted by Crippen LogP contribution is 2.17. The number of hydrogen-bond donors (Lipinski definition) is 1. The van der Waals surface area contributed by atoms with Gasteiger partial charge >= 0.3 is 0 Å². The van der Waals surface area contributed by atoms with Crippen molar-refractivity contribution in [1.82, 2.24) is 9.97 Å². The molecule has 1 aromatic carbocycles. The van der Waals surface area contributed by atoms with Gasteiger partial charge in [-0.1, -0.05) is 0 Å². The van der Waals surface area contributed by atoms with Gasteiger partial charge in [0.05, 0.1) is 5.69 Å². The summed E-state index contributed by atoms with van der Waals surface area (Å²) < 4.78 is 26.3. The molecule has 17 heavy (non-hydrogen) atoms. The molecule has 0 atom stereocenters. The van der Waals surface area contributed by atoms with Crippen LogP contribution in [-0.2, 0) is 0 Å². The number of halogens is 2. The molecule has 0 amide bonds. The molecule has 1 heterocycles. The van der Waals surface area contributed by atoms with Crippen LogP contribution in [0.2, 0.25) is 0 Å². The lowest BCUT2D eigenvalue weighted by Crippen LogP contribution is -2.15. The summed E-state index contributed by atoms with van der Waals surface area (Å²) in [4.78, 5) is 17.4. The first-order chi connectivity index (χ1) is 7.97. The number of rotatable bonds is 1. The number of aryl methyl sites for hydroxylation is 2. The second kappa shape index (κ2) is 4.08. The molecule has 1 aromatic heterocycles. The average molecular weight is 236 g/mol. The molecule has 0 spiro atoms. The van der Waals surface area contributed by atoms with Crippen molar-refractivity contribution < 1.29 is 8.78 Å². The van der Waals surface area contributed by atoms with Crippen molar-refractivity contribution in [3.05, 3.63) is 51.4 Å². The van der Waals surface area contributed by atoms with Crippen molar-refractivity contribution in [3.8, 4) is 11.4 Å². The molecule has 0 aliphatic rings. The molecule has 3 nitrogen and oxygen atoms in total. The number of nitrogens with zero attached hydrogens (tertiary/aromatic N) is 1. The molecule has 0 aliphatic heterocycles. The maximum Gasteiger partial charge on any atom is 0.287 e. The highest BCUT2D eigenvalue weighted by atomic mass is 19.1. The Kier molecular flexibility index (Phi) is 2.75. The maximum atomic E-state index is 13.2. The molecular formula is C12H10F2N2O. The topological polar surface area (TPSA) is 45.8 Å². The molecule has 0 saturated heterocycles.